The molecule has 24 heavy (non-hydrogen) atoms. The topological polar surface area (TPSA) is 32.8 Å². The third-order valence-corrected chi connectivity index (χ3v) is 5.34. The number of likely N-dealkylation sites (tertiary alicyclic amines) is 2. The molecule has 2 aliphatic rings. The fourth-order valence-corrected chi connectivity index (χ4v) is 3.94. The van der Waals surface area contributed by atoms with Gasteiger partial charge >= 0.3 is 0 Å². The van der Waals surface area contributed by atoms with Crippen LogP contribution in [-0.4, -0.2) is 49.0 Å². The van der Waals surface area contributed by atoms with Gasteiger partial charge in [-0.05, 0) is 49.9 Å². The van der Waals surface area contributed by atoms with Crippen molar-refractivity contribution in [2.75, 3.05) is 33.3 Å². The average molecular weight is 330 g/mol. The second kappa shape index (κ2) is 8.52. The zero-order valence-electron chi connectivity index (χ0n) is 14.9. The molecule has 3 rings (SSSR count). The van der Waals surface area contributed by atoms with Gasteiger partial charge in [-0.15, -0.1) is 0 Å². The molecule has 1 amide bonds. The summed E-state index contributed by atoms with van der Waals surface area (Å²) in [5.74, 6) is 1.48. The number of rotatable bonds is 4. The fourth-order valence-electron chi connectivity index (χ4n) is 3.94. The molecular formula is C20H30N2O2. The van der Waals surface area contributed by atoms with Crippen LogP contribution in [0.2, 0.25) is 0 Å². The highest BCUT2D eigenvalue weighted by molar-refractivity contribution is 5.79. The van der Waals surface area contributed by atoms with Crippen molar-refractivity contribution in [1.82, 2.24) is 9.80 Å². The molecule has 4 heteroatoms. The van der Waals surface area contributed by atoms with E-state index in [9.17, 15) is 4.79 Å². The van der Waals surface area contributed by atoms with Gasteiger partial charge in [-0.1, -0.05) is 25.0 Å². The first-order chi connectivity index (χ1) is 11.8. The summed E-state index contributed by atoms with van der Waals surface area (Å²) in [5, 5.41) is 0. The molecule has 0 unspecified atom stereocenters. The zero-order valence-corrected chi connectivity index (χ0v) is 14.9. The van der Waals surface area contributed by atoms with E-state index < -0.39 is 0 Å². The van der Waals surface area contributed by atoms with Crippen LogP contribution in [0.5, 0.6) is 5.75 Å². The Balaban J connectivity index is 1.55. The van der Waals surface area contributed by atoms with Gasteiger partial charge in [0.1, 0.15) is 5.75 Å². The first-order valence-corrected chi connectivity index (χ1v) is 9.40. The van der Waals surface area contributed by atoms with Gasteiger partial charge in [0.15, 0.2) is 0 Å². The second-order valence-electron chi connectivity index (χ2n) is 7.16. The number of carbonyl (C=O) groups is 1. The normalized spacial score (nSPS) is 22.9. The van der Waals surface area contributed by atoms with E-state index in [1.165, 1.54) is 31.2 Å². The maximum absolute atomic E-state index is 12.9. The van der Waals surface area contributed by atoms with Gasteiger partial charge in [-0.25, -0.2) is 0 Å². The Morgan fingerprint density at radius 1 is 1.04 bits per heavy atom. The predicted molar refractivity (Wildman–Crippen MR) is 96.0 cm³/mol. The summed E-state index contributed by atoms with van der Waals surface area (Å²) in [5.41, 5.74) is 1.29. The maximum atomic E-state index is 12.9. The first kappa shape index (κ1) is 17.3. The molecular weight excluding hydrogens is 300 g/mol. The highest BCUT2D eigenvalue weighted by atomic mass is 16.5. The SMILES string of the molecule is COc1ccc(CN2CCC[C@H](C(=O)N3CCCCCC3)C2)cc1. The molecule has 1 aromatic rings. The lowest BCUT2D eigenvalue weighted by molar-refractivity contribution is -0.137. The van der Waals surface area contributed by atoms with Gasteiger partial charge in [0, 0.05) is 26.2 Å². The molecule has 2 heterocycles. The van der Waals surface area contributed by atoms with E-state index in [0.717, 1.165) is 51.3 Å². The third kappa shape index (κ3) is 4.50. The molecule has 0 radical (unpaired) electrons. The number of amides is 1. The molecule has 0 saturated carbocycles. The van der Waals surface area contributed by atoms with Crippen molar-refractivity contribution in [1.29, 1.82) is 0 Å². The maximum Gasteiger partial charge on any atom is 0.226 e. The molecule has 0 N–H and O–H groups in total. The number of hydrogen-bond acceptors (Lipinski definition) is 3. The molecule has 1 atom stereocenters. The summed E-state index contributed by atoms with van der Waals surface area (Å²) in [6.45, 7) is 4.85. The van der Waals surface area contributed by atoms with Gasteiger partial charge in [0.2, 0.25) is 5.91 Å². The summed E-state index contributed by atoms with van der Waals surface area (Å²) in [7, 11) is 1.69. The van der Waals surface area contributed by atoms with Crippen LogP contribution in [0.1, 0.15) is 44.1 Å². The van der Waals surface area contributed by atoms with E-state index in [1.54, 1.807) is 7.11 Å². The lowest BCUT2D eigenvalue weighted by Gasteiger charge is -2.34. The van der Waals surface area contributed by atoms with E-state index in [4.69, 9.17) is 4.74 Å². The number of hydrogen-bond donors (Lipinski definition) is 0. The smallest absolute Gasteiger partial charge is 0.226 e. The second-order valence-corrected chi connectivity index (χ2v) is 7.16. The lowest BCUT2D eigenvalue weighted by Crippen LogP contribution is -2.44. The average Bonchev–Trinajstić information content (AvgIpc) is 2.91. The van der Waals surface area contributed by atoms with Crippen molar-refractivity contribution in [2.45, 2.75) is 45.1 Å². The predicted octanol–water partition coefficient (Wildman–Crippen LogP) is 3.31. The summed E-state index contributed by atoms with van der Waals surface area (Å²) in [4.78, 5) is 17.4. The van der Waals surface area contributed by atoms with Crippen molar-refractivity contribution < 1.29 is 9.53 Å². The molecule has 1 aromatic carbocycles. The first-order valence-electron chi connectivity index (χ1n) is 9.40. The van der Waals surface area contributed by atoms with Crippen LogP contribution in [0, 0.1) is 5.92 Å². The fraction of sp³-hybridized carbons (Fsp3) is 0.650. The van der Waals surface area contributed by atoms with Crippen LogP contribution in [0.15, 0.2) is 24.3 Å². The largest absolute Gasteiger partial charge is 0.497 e. The Hall–Kier alpha value is -1.55. The standard InChI is InChI=1S/C20H30N2O2/c1-24-19-10-8-17(9-11-19)15-21-12-6-7-18(16-21)20(23)22-13-4-2-3-5-14-22/h8-11,18H,2-7,12-16H2,1H3/t18-/m0/s1. The number of nitrogens with zero attached hydrogens (tertiary/aromatic N) is 2. The molecule has 0 aromatic heterocycles. The minimum Gasteiger partial charge on any atom is -0.497 e. The van der Waals surface area contributed by atoms with E-state index >= 15 is 0 Å². The van der Waals surface area contributed by atoms with E-state index in [-0.39, 0.29) is 5.92 Å². The van der Waals surface area contributed by atoms with Crippen molar-refractivity contribution in [3.8, 4) is 5.75 Å². The van der Waals surface area contributed by atoms with Crippen LogP contribution in [0.25, 0.3) is 0 Å². The van der Waals surface area contributed by atoms with Crippen molar-refractivity contribution in [2.24, 2.45) is 5.92 Å². The molecule has 2 fully saturated rings. The highest BCUT2D eigenvalue weighted by Gasteiger charge is 2.29. The van der Waals surface area contributed by atoms with Gasteiger partial charge in [0.05, 0.1) is 13.0 Å². The molecule has 2 aliphatic heterocycles. The van der Waals surface area contributed by atoms with Crippen LogP contribution in [0.4, 0.5) is 0 Å². The Morgan fingerprint density at radius 2 is 1.75 bits per heavy atom. The lowest BCUT2D eigenvalue weighted by atomic mass is 9.96. The summed E-state index contributed by atoms with van der Waals surface area (Å²) in [6.07, 6.45) is 7.08. The van der Waals surface area contributed by atoms with Crippen LogP contribution in [0.3, 0.4) is 0 Å². The minimum absolute atomic E-state index is 0.190. The number of piperidine rings is 1. The van der Waals surface area contributed by atoms with Crippen molar-refractivity contribution >= 4 is 5.91 Å². The molecule has 0 aliphatic carbocycles. The van der Waals surface area contributed by atoms with Gasteiger partial charge < -0.3 is 9.64 Å². The van der Waals surface area contributed by atoms with Crippen molar-refractivity contribution in [3.05, 3.63) is 29.8 Å². The van der Waals surface area contributed by atoms with Crippen LogP contribution in [-0.2, 0) is 11.3 Å². The number of methoxy groups -OCH3 is 1. The third-order valence-electron chi connectivity index (χ3n) is 5.34. The van der Waals surface area contributed by atoms with Gasteiger partial charge in [-0.3, -0.25) is 9.69 Å². The van der Waals surface area contributed by atoms with E-state index in [2.05, 4.69) is 21.9 Å². The Bertz CT molecular complexity index is 521. The number of carbonyl (C=O) groups excluding carboxylic acids is 1. The Labute approximate surface area is 145 Å². The monoisotopic (exact) mass is 330 g/mol. The van der Waals surface area contributed by atoms with E-state index in [1.807, 2.05) is 12.1 Å². The number of benzene rings is 1. The number of ether oxygens (including phenoxy) is 1. The highest BCUT2D eigenvalue weighted by Crippen LogP contribution is 2.23. The van der Waals surface area contributed by atoms with Crippen LogP contribution >= 0.6 is 0 Å². The molecule has 2 saturated heterocycles. The molecule has 4 nitrogen and oxygen atoms in total. The van der Waals surface area contributed by atoms with Crippen LogP contribution < -0.4 is 4.74 Å². The van der Waals surface area contributed by atoms with Gasteiger partial charge in [0.25, 0.3) is 0 Å². The summed E-state index contributed by atoms with van der Waals surface area (Å²) < 4.78 is 5.22. The summed E-state index contributed by atoms with van der Waals surface area (Å²) in [6, 6.07) is 8.27. The zero-order chi connectivity index (χ0) is 16.8. The van der Waals surface area contributed by atoms with Crippen molar-refractivity contribution in [3.63, 3.8) is 0 Å². The minimum atomic E-state index is 0.190. The van der Waals surface area contributed by atoms with E-state index in [0.29, 0.717) is 5.91 Å². The molecule has 132 valence electrons. The van der Waals surface area contributed by atoms with Gasteiger partial charge in [-0.2, -0.15) is 0 Å². The quantitative estimate of drug-likeness (QED) is 0.849. The Kier molecular flexibility index (Phi) is 6.13. The Morgan fingerprint density at radius 3 is 2.42 bits per heavy atom. The summed E-state index contributed by atoms with van der Waals surface area (Å²) >= 11 is 0. The molecule has 0 spiro atoms. The molecule has 0 bridgehead atoms.